The molecule has 1 nitrogen and oxygen atoms in total. The molecule has 84 valence electrons. The zero-order valence-corrected chi connectivity index (χ0v) is 10.8. The molecule has 0 aromatic heterocycles. The summed E-state index contributed by atoms with van der Waals surface area (Å²) >= 11 is 0. The summed E-state index contributed by atoms with van der Waals surface area (Å²) in [5, 5.41) is 0. The maximum Gasteiger partial charge on any atom is 0.173 e. The molecule has 0 saturated carbocycles. The quantitative estimate of drug-likeness (QED) is 0.632. The highest BCUT2D eigenvalue weighted by Gasteiger charge is 2.22. The van der Waals surface area contributed by atoms with Crippen molar-refractivity contribution in [3.8, 4) is 0 Å². The molecule has 0 heterocycles. The highest BCUT2D eigenvalue weighted by Crippen LogP contribution is 2.15. The topological polar surface area (TPSA) is 9.23 Å². The van der Waals surface area contributed by atoms with Crippen LogP contribution in [0.4, 0.5) is 0 Å². The van der Waals surface area contributed by atoms with Crippen molar-refractivity contribution in [1.82, 2.24) is 0 Å². The van der Waals surface area contributed by atoms with Gasteiger partial charge in [0.25, 0.3) is 0 Å². The Labute approximate surface area is 88.8 Å². The third-order valence-corrected chi connectivity index (χ3v) is 7.68. The van der Waals surface area contributed by atoms with Crippen LogP contribution in [0.1, 0.15) is 34.6 Å². The number of hydrogen-bond acceptors (Lipinski definition) is 1. The van der Waals surface area contributed by atoms with E-state index in [-0.39, 0.29) is 14.9 Å². The molecule has 0 N–H and O–H groups in total. The molecule has 3 heteroatoms. The highest BCUT2D eigenvalue weighted by molar-refractivity contribution is 6.77. The Bertz CT molecular complexity index is 103. The average molecular weight is 223 g/mol. The molecular formula is C10H30OSi2. The van der Waals surface area contributed by atoms with Gasteiger partial charge < -0.3 is 4.12 Å². The SMILES string of the molecule is C.C.CCCC[Si](C)(C)O[SiH](C)C. The molecule has 0 saturated heterocycles. The Balaban J connectivity index is -0.000000500. The van der Waals surface area contributed by atoms with Crippen molar-refractivity contribution >= 4 is 17.4 Å². The van der Waals surface area contributed by atoms with E-state index in [4.69, 9.17) is 4.12 Å². The molecular weight excluding hydrogens is 192 g/mol. The Morgan fingerprint density at radius 3 is 1.92 bits per heavy atom. The van der Waals surface area contributed by atoms with Gasteiger partial charge in [-0.1, -0.05) is 34.6 Å². The van der Waals surface area contributed by atoms with Gasteiger partial charge in [0.15, 0.2) is 17.4 Å². The van der Waals surface area contributed by atoms with Crippen molar-refractivity contribution in [2.24, 2.45) is 0 Å². The zero-order chi connectivity index (χ0) is 8.91. The second kappa shape index (κ2) is 8.97. The monoisotopic (exact) mass is 222 g/mol. The predicted octanol–water partition coefficient (Wildman–Crippen LogP) is 4.26. The van der Waals surface area contributed by atoms with Crippen LogP contribution in [0.3, 0.4) is 0 Å². The van der Waals surface area contributed by atoms with Gasteiger partial charge in [0, 0.05) is 0 Å². The smallest absolute Gasteiger partial charge is 0.173 e. The zero-order valence-electron chi connectivity index (χ0n) is 8.61. The Kier molecular flexibility index (Phi) is 13.1. The molecule has 0 aliphatic heterocycles. The maximum atomic E-state index is 6.02. The third-order valence-electron chi connectivity index (χ3n) is 1.69. The first-order valence-corrected chi connectivity index (χ1v) is 10.6. The summed E-state index contributed by atoms with van der Waals surface area (Å²) in [6.07, 6.45) is 2.65. The molecule has 0 aromatic rings. The molecule has 13 heavy (non-hydrogen) atoms. The minimum atomic E-state index is -1.23. The van der Waals surface area contributed by atoms with Gasteiger partial charge in [0.1, 0.15) is 0 Å². The summed E-state index contributed by atoms with van der Waals surface area (Å²) < 4.78 is 6.02. The highest BCUT2D eigenvalue weighted by atomic mass is 28.4. The molecule has 0 rings (SSSR count). The van der Waals surface area contributed by atoms with E-state index >= 15 is 0 Å². The molecule has 0 aliphatic carbocycles. The Hall–Kier alpha value is 0.394. The second-order valence-corrected chi connectivity index (χ2v) is 11.1. The lowest BCUT2D eigenvalue weighted by atomic mass is 10.4. The molecule has 0 amide bonds. The number of unbranched alkanes of at least 4 members (excludes halogenated alkanes) is 1. The van der Waals surface area contributed by atoms with Crippen molar-refractivity contribution in [2.45, 2.75) is 66.9 Å². The first-order valence-electron chi connectivity index (χ1n) is 4.66. The van der Waals surface area contributed by atoms with E-state index in [1.807, 2.05) is 0 Å². The average Bonchev–Trinajstić information content (AvgIpc) is 1.81. The molecule has 0 bridgehead atoms. The van der Waals surface area contributed by atoms with Crippen LogP contribution in [-0.4, -0.2) is 17.4 Å². The van der Waals surface area contributed by atoms with Crippen LogP contribution in [-0.2, 0) is 4.12 Å². The molecule has 0 radical (unpaired) electrons. The lowest BCUT2D eigenvalue weighted by Gasteiger charge is -2.25. The van der Waals surface area contributed by atoms with Gasteiger partial charge in [-0.15, -0.1) is 0 Å². The Morgan fingerprint density at radius 1 is 1.15 bits per heavy atom. The first-order chi connectivity index (χ1) is 4.98. The maximum absolute atomic E-state index is 6.02. The fourth-order valence-electron chi connectivity index (χ4n) is 1.30. The van der Waals surface area contributed by atoms with E-state index < -0.39 is 17.4 Å². The van der Waals surface area contributed by atoms with Crippen LogP contribution in [0.2, 0.25) is 32.2 Å². The van der Waals surface area contributed by atoms with E-state index in [0.717, 1.165) is 0 Å². The standard InChI is InChI=1S/C8H22OSi2.2CH4/c1-6-7-8-11(4,5)9-10(2)3;;/h10H,6-8H2,1-5H3;2*1H4. The largest absolute Gasteiger partial charge is 0.458 e. The lowest BCUT2D eigenvalue weighted by molar-refractivity contribution is 0.565. The van der Waals surface area contributed by atoms with E-state index in [2.05, 4.69) is 33.1 Å². The van der Waals surface area contributed by atoms with E-state index in [0.29, 0.717) is 0 Å². The normalized spacial score (nSPS) is 10.6. The molecule has 0 spiro atoms. The minimum absolute atomic E-state index is 0. The second-order valence-electron chi connectivity index (χ2n) is 4.03. The number of hydrogen-bond donors (Lipinski definition) is 0. The fraction of sp³-hybridized carbons (Fsp3) is 1.00. The summed E-state index contributed by atoms with van der Waals surface area (Å²) in [6, 6.07) is 1.34. The van der Waals surface area contributed by atoms with Crippen LogP contribution in [0.5, 0.6) is 0 Å². The van der Waals surface area contributed by atoms with Gasteiger partial charge in [-0.3, -0.25) is 0 Å². The van der Waals surface area contributed by atoms with Crippen LogP contribution >= 0.6 is 0 Å². The molecule has 0 aliphatic rings. The summed E-state index contributed by atoms with van der Waals surface area (Å²) in [7, 11) is -2.00. The van der Waals surface area contributed by atoms with Gasteiger partial charge in [-0.2, -0.15) is 0 Å². The van der Waals surface area contributed by atoms with Gasteiger partial charge in [-0.25, -0.2) is 0 Å². The van der Waals surface area contributed by atoms with E-state index in [1.165, 1.54) is 18.9 Å². The van der Waals surface area contributed by atoms with E-state index in [1.54, 1.807) is 0 Å². The summed E-state index contributed by atoms with van der Waals surface area (Å²) in [5.74, 6) is 0. The lowest BCUT2D eigenvalue weighted by Crippen LogP contribution is -2.34. The first kappa shape index (κ1) is 19.0. The third kappa shape index (κ3) is 12.4. The van der Waals surface area contributed by atoms with Gasteiger partial charge in [0.2, 0.25) is 0 Å². The van der Waals surface area contributed by atoms with Crippen LogP contribution in [0.15, 0.2) is 0 Å². The van der Waals surface area contributed by atoms with Crippen molar-refractivity contribution in [2.75, 3.05) is 0 Å². The van der Waals surface area contributed by atoms with Crippen LogP contribution < -0.4 is 0 Å². The molecule has 0 unspecified atom stereocenters. The minimum Gasteiger partial charge on any atom is -0.458 e. The summed E-state index contributed by atoms with van der Waals surface area (Å²) in [4.78, 5) is 0. The predicted molar refractivity (Wildman–Crippen MR) is 70.6 cm³/mol. The summed E-state index contributed by atoms with van der Waals surface area (Å²) in [5.41, 5.74) is 0. The molecule has 0 fully saturated rings. The van der Waals surface area contributed by atoms with Crippen LogP contribution in [0, 0.1) is 0 Å². The van der Waals surface area contributed by atoms with Crippen molar-refractivity contribution in [3.05, 3.63) is 0 Å². The number of rotatable bonds is 5. The Morgan fingerprint density at radius 2 is 1.62 bits per heavy atom. The van der Waals surface area contributed by atoms with Crippen molar-refractivity contribution in [3.63, 3.8) is 0 Å². The fourth-order valence-corrected chi connectivity index (χ4v) is 8.08. The molecule has 0 aromatic carbocycles. The summed E-state index contributed by atoms with van der Waals surface area (Å²) in [6.45, 7) is 11.5. The van der Waals surface area contributed by atoms with E-state index in [9.17, 15) is 0 Å². The van der Waals surface area contributed by atoms with Crippen LogP contribution in [0.25, 0.3) is 0 Å². The van der Waals surface area contributed by atoms with Gasteiger partial charge >= 0.3 is 0 Å². The van der Waals surface area contributed by atoms with Gasteiger partial charge in [-0.05, 0) is 32.2 Å². The van der Waals surface area contributed by atoms with Crippen molar-refractivity contribution in [1.29, 1.82) is 0 Å². The van der Waals surface area contributed by atoms with Crippen molar-refractivity contribution < 1.29 is 4.12 Å². The molecule has 0 atom stereocenters. The van der Waals surface area contributed by atoms with Gasteiger partial charge in [0.05, 0.1) is 0 Å².